The molecular weight excluding hydrogens is 97.0 g/mol. The molecule has 1 N–H and O–H groups in total. The van der Waals surface area contributed by atoms with Gasteiger partial charge in [0.05, 0.1) is 8.96 Å². The van der Waals surface area contributed by atoms with Crippen molar-refractivity contribution in [1.82, 2.24) is 4.67 Å². The van der Waals surface area contributed by atoms with Crippen LogP contribution in [0.2, 0.25) is 0 Å². The molecule has 1 aliphatic heterocycles. The predicted molar refractivity (Wildman–Crippen MR) is 26.7 cm³/mol. The van der Waals surface area contributed by atoms with Gasteiger partial charge in [0.15, 0.2) is 0 Å². The van der Waals surface area contributed by atoms with E-state index in [0.29, 0.717) is 6.04 Å². The van der Waals surface area contributed by atoms with Crippen LogP contribution in [0.1, 0.15) is 6.92 Å². The Labute approximate surface area is 39.1 Å². The molecular formula is C3H8NOP. The van der Waals surface area contributed by atoms with Crippen LogP contribution < -0.4 is 0 Å². The Morgan fingerprint density at radius 2 is 2.50 bits per heavy atom. The molecule has 2 nitrogen and oxygen atoms in total. The van der Waals surface area contributed by atoms with Crippen LogP contribution in [0.5, 0.6) is 0 Å². The van der Waals surface area contributed by atoms with Crippen molar-refractivity contribution in [3.63, 3.8) is 0 Å². The molecule has 0 radical (unpaired) electrons. The average molecular weight is 105 g/mol. The summed E-state index contributed by atoms with van der Waals surface area (Å²) < 4.78 is 2.00. The third kappa shape index (κ3) is 0.700. The molecule has 3 atom stereocenters. The summed E-state index contributed by atoms with van der Waals surface area (Å²) in [6, 6.07) is 0.660. The summed E-state index contributed by atoms with van der Waals surface area (Å²) in [7, 11) is 0.0390. The fourth-order valence-corrected chi connectivity index (χ4v) is 0.920. The smallest absolute Gasteiger partial charge is 0.0856 e. The maximum Gasteiger partial charge on any atom is 0.0856 e. The van der Waals surface area contributed by atoms with Gasteiger partial charge < -0.3 is 4.89 Å². The maximum atomic E-state index is 8.33. The van der Waals surface area contributed by atoms with E-state index in [9.17, 15) is 0 Å². The molecule has 1 saturated heterocycles. The second kappa shape index (κ2) is 1.45. The minimum absolute atomic E-state index is 0.0390. The van der Waals surface area contributed by atoms with Crippen molar-refractivity contribution in [1.29, 1.82) is 0 Å². The van der Waals surface area contributed by atoms with Gasteiger partial charge in [-0.05, 0) is 6.92 Å². The molecule has 0 aromatic carbocycles. The SMILES string of the molecule is CC1CN1PO. The Morgan fingerprint density at radius 3 is 2.50 bits per heavy atom. The van der Waals surface area contributed by atoms with Crippen molar-refractivity contribution >= 4 is 8.96 Å². The largest absolute Gasteiger partial charge is 0.361 e. The average Bonchev–Trinajstić information content (AvgIpc) is 2.19. The fraction of sp³-hybridized carbons (Fsp3) is 1.00. The normalized spacial score (nSPS) is 45.0. The lowest BCUT2D eigenvalue weighted by atomic mass is 10.6. The summed E-state index contributed by atoms with van der Waals surface area (Å²) in [5, 5.41) is 0. The molecule has 0 spiro atoms. The predicted octanol–water partition coefficient (Wildman–Crippen LogP) is 0.191. The second-order valence-corrected chi connectivity index (χ2v) is 2.38. The van der Waals surface area contributed by atoms with Crippen molar-refractivity contribution in [3.8, 4) is 0 Å². The topological polar surface area (TPSA) is 23.2 Å². The third-order valence-electron chi connectivity index (χ3n) is 0.988. The van der Waals surface area contributed by atoms with Crippen LogP contribution in [0.4, 0.5) is 0 Å². The molecule has 1 aliphatic rings. The van der Waals surface area contributed by atoms with Crippen molar-refractivity contribution in [2.45, 2.75) is 13.0 Å². The minimum Gasteiger partial charge on any atom is -0.361 e. The molecule has 0 aromatic rings. The van der Waals surface area contributed by atoms with E-state index < -0.39 is 0 Å². The molecule has 36 valence electrons. The van der Waals surface area contributed by atoms with E-state index in [-0.39, 0.29) is 8.96 Å². The Bertz CT molecular complexity index is 56.8. The van der Waals surface area contributed by atoms with E-state index in [1.807, 2.05) is 4.67 Å². The summed E-state index contributed by atoms with van der Waals surface area (Å²) in [4.78, 5) is 8.33. The molecule has 3 unspecified atom stereocenters. The zero-order valence-electron chi connectivity index (χ0n) is 3.68. The monoisotopic (exact) mass is 105 g/mol. The van der Waals surface area contributed by atoms with Crippen LogP contribution in [0.3, 0.4) is 0 Å². The van der Waals surface area contributed by atoms with E-state index in [4.69, 9.17) is 4.89 Å². The molecule has 0 bridgehead atoms. The first-order valence-corrected chi connectivity index (χ1v) is 2.90. The lowest BCUT2D eigenvalue weighted by Gasteiger charge is -1.85. The fourth-order valence-electron chi connectivity index (χ4n) is 0.377. The van der Waals surface area contributed by atoms with Gasteiger partial charge in [0, 0.05) is 12.6 Å². The van der Waals surface area contributed by atoms with E-state index >= 15 is 0 Å². The summed E-state index contributed by atoms with van der Waals surface area (Å²) in [6.45, 7) is 3.19. The highest BCUT2D eigenvalue weighted by Gasteiger charge is 2.27. The number of hydrogen-bond acceptors (Lipinski definition) is 2. The molecule has 0 saturated carbocycles. The number of rotatable bonds is 1. The van der Waals surface area contributed by atoms with Crippen LogP contribution in [0.15, 0.2) is 0 Å². The first-order chi connectivity index (χ1) is 2.84. The number of hydrogen-bond donors (Lipinski definition) is 1. The van der Waals surface area contributed by atoms with Gasteiger partial charge in [-0.1, -0.05) is 0 Å². The highest BCUT2D eigenvalue weighted by atomic mass is 31.1. The standard InChI is InChI=1S/C3H8NOP/c1-3-2-4(3)6-5/h3,5-6H,2H2,1H3. The van der Waals surface area contributed by atoms with Gasteiger partial charge in [0.1, 0.15) is 0 Å². The highest BCUT2D eigenvalue weighted by molar-refractivity contribution is 7.28. The Morgan fingerprint density at radius 1 is 2.00 bits per heavy atom. The van der Waals surface area contributed by atoms with Gasteiger partial charge in [0.2, 0.25) is 0 Å². The summed E-state index contributed by atoms with van der Waals surface area (Å²) in [6.07, 6.45) is 0. The lowest BCUT2D eigenvalue weighted by Crippen LogP contribution is -1.78. The first kappa shape index (κ1) is 4.51. The summed E-state index contributed by atoms with van der Waals surface area (Å²) in [5.74, 6) is 0. The Balaban J connectivity index is 2.09. The molecule has 0 amide bonds. The molecule has 0 aromatic heterocycles. The van der Waals surface area contributed by atoms with Gasteiger partial charge in [-0.25, -0.2) is 0 Å². The van der Waals surface area contributed by atoms with Crippen LogP contribution in [-0.2, 0) is 0 Å². The summed E-state index contributed by atoms with van der Waals surface area (Å²) in [5.41, 5.74) is 0. The van der Waals surface area contributed by atoms with Gasteiger partial charge in [-0.3, -0.25) is 4.67 Å². The third-order valence-corrected chi connectivity index (χ3v) is 1.87. The molecule has 6 heavy (non-hydrogen) atoms. The Kier molecular flexibility index (Phi) is 1.09. The molecule has 0 aliphatic carbocycles. The van der Waals surface area contributed by atoms with Crippen LogP contribution in [0.25, 0.3) is 0 Å². The summed E-state index contributed by atoms with van der Waals surface area (Å²) >= 11 is 0. The zero-order valence-corrected chi connectivity index (χ0v) is 4.68. The van der Waals surface area contributed by atoms with Crippen molar-refractivity contribution in [3.05, 3.63) is 0 Å². The molecule has 1 heterocycles. The van der Waals surface area contributed by atoms with Crippen LogP contribution in [-0.4, -0.2) is 22.2 Å². The number of nitrogens with zero attached hydrogens (tertiary/aromatic N) is 1. The highest BCUT2D eigenvalue weighted by Crippen LogP contribution is 2.28. The second-order valence-electron chi connectivity index (χ2n) is 1.60. The molecule has 1 fully saturated rings. The van der Waals surface area contributed by atoms with Crippen LogP contribution in [0, 0.1) is 0 Å². The van der Waals surface area contributed by atoms with Crippen molar-refractivity contribution in [2.75, 3.05) is 6.54 Å². The first-order valence-electron chi connectivity index (χ1n) is 2.01. The Hall–Kier alpha value is 0.350. The van der Waals surface area contributed by atoms with E-state index in [0.717, 1.165) is 6.54 Å². The van der Waals surface area contributed by atoms with Gasteiger partial charge in [-0.15, -0.1) is 0 Å². The van der Waals surface area contributed by atoms with Crippen molar-refractivity contribution in [2.24, 2.45) is 0 Å². The quantitative estimate of drug-likeness (QED) is 0.380. The van der Waals surface area contributed by atoms with E-state index in [2.05, 4.69) is 6.92 Å². The van der Waals surface area contributed by atoms with Gasteiger partial charge in [-0.2, -0.15) is 0 Å². The molecule has 3 heteroatoms. The maximum absolute atomic E-state index is 8.33. The van der Waals surface area contributed by atoms with Crippen molar-refractivity contribution < 1.29 is 4.89 Å². The van der Waals surface area contributed by atoms with Gasteiger partial charge in [0.25, 0.3) is 0 Å². The minimum atomic E-state index is 0.0390. The van der Waals surface area contributed by atoms with E-state index in [1.165, 1.54) is 0 Å². The van der Waals surface area contributed by atoms with Crippen LogP contribution >= 0.6 is 8.96 Å². The van der Waals surface area contributed by atoms with Gasteiger partial charge >= 0.3 is 0 Å². The lowest BCUT2D eigenvalue weighted by molar-refractivity contribution is 0.598. The van der Waals surface area contributed by atoms with E-state index in [1.54, 1.807) is 0 Å². The molecule has 1 rings (SSSR count). The zero-order chi connectivity index (χ0) is 4.57.